The predicted octanol–water partition coefficient (Wildman–Crippen LogP) is 9.10. The minimum absolute atomic E-state index is 0.312. The van der Waals surface area contributed by atoms with Crippen LogP contribution in [0.2, 0.25) is 0 Å². The maximum absolute atomic E-state index is 9.34. The van der Waals surface area contributed by atoms with E-state index in [0.29, 0.717) is 23.1 Å². The van der Waals surface area contributed by atoms with E-state index in [1.54, 1.807) is 6.07 Å². The van der Waals surface area contributed by atoms with E-state index in [1.165, 1.54) is 38.5 Å². The molecule has 0 amide bonds. The van der Waals surface area contributed by atoms with Gasteiger partial charge in [-0.15, -0.1) is 0 Å². The average molecular weight is 449 g/mol. The Kier molecular flexibility index (Phi) is 10.4. The van der Waals surface area contributed by atoms with E-state index in [-0.39, 0.29) is 0 Å². The molecule has 0 unspecified atom stereocenters. The van der Waals surface area contributed by atoms with Gasteiger partial charge in [0, 0.05) is 10.9 Å². The van der Waals surface area contributed by atoms with Gasteiger partial charge in [-0.25, -0.2) is 4.98 Å². The maximum atomic E-state index is 9.34. The van der Waals surface area contributed by atoms with Crippen LogP contribution < -0.4 is 4.74 Å². The summed E-state index contributed by atoms with van der Waals surface area (Å²) in [6, 6.07) is 10.1. The van der Waals surface area contributed by atoms with Gasteiger partial charge >= 0.3 is 0 Å². The third kappa shape index (κ3) is 9.58. The second-order valence-corrected chi connectivity index (χ2v) is 11.3. The van der Waals surface area contributed by atoms with Gasteiger partial charge in [0.25, 0.3) is 0 Å². The highest BCUT2D eigenvalue weighted by Crippen LogP contribution is 2.37. The molecule has 180 valence electrons. The first-order valence-electron chi connectivity index (χ1n) is 12.8. The van der Waals surface area contributed by atoms with E-state index in [1.807, 2.05) is 6.07 Å². The van der Waals surface area contributed by atoms with Crippen molar-refractivity contribution in [3.63, 3.8) is 0 Å². The van der Waals surface area contributed by atoms with E-state index in [4.69, 9.17) is 4.74 Å². The second kappa shape index (κ2) is 12.8. The van der Waals surface area contributed by atoms with E-state index in [0.717, 1.165) is 41.5 Å². The standard InChI is InChI=1S/C30H44N2O/c1-7-8-9-10-11-14-21-33-28-25(15-12-13-20-30(5,6)23-29(2,3)4)17-16-24-18-19-26(22-31)32-27(24)28/h12,15-19H,7-11,13-14,20-21,23H2,1-6H3. The van der Waals surface area contributed by atoms with Gasteiger partial charge in [-0.3, -0.25) is 0 Å². The first kappa shape index (κ1) is 26.9. The number of rotatable bonds is 13. The third-order valence-corrected chi connectivity index (χ3v) is 6.00. The summed E-state index contributed by atoms with van der Waals surface area (Å²) in [6.45, 7) is 14.6. The lowest BCUT2D eigenvalue weighted by Gasteiger charge is -2.32. The van der Waals surface area contributed by atoms with Gasteiger partial charge < -0.3 is 4.74 Å². The first-order valence-corrected chi connectivity index (χ1v) is 12.8. The summed E-state index contributed by atoms with van der Waals surface area (Å²) in [5.74, 6) is 0.809. The molecule has 0 aliphatic heterocycles. The Balaban J connectivity index is 2.13. The number of aromatic nitrogens is 1. The van der Waals surface area contributed by atoms with Crippen LogP contribution in [0.3, 0.4) is 0 Å². The molecule has 0 saturated heterocycles. The molecule has 0 saturated carbocycles. The average Bonchev–Trinajstić information content (AvgIpc) is 2.74. The Morgan fingerprint density at radius 1 is 0.970 bits per heavy atom. The Morgan fingerprint density at radius 3 is 2.36 bits per heavy atom. The summed E-state index contributed by atoms with van der Waals surface area (Å²) in [4.78, 5) is 4.58. The van der Waals surface area contributed by atoms with Crippen LogP contribution >= 0.6 is 0 Å². The van der Waals surface area contributed by atoms with Crippen LogP contribution in [0.25, 0.3) is 17.0 Å². The van der Waals surface area contributed by atoms with Crippen molar-refractivity contribution in [1.82, 2.24) is 4.98 Å². The number of ether oxygens (including phenoxy) is 1. The Bertz CT molecular complexity index is 944. The normalized spacial score (nSPS) is 12.4. The second-order valence-electron chi connectivity index (χ2n) is 11.3. The number of allylic oxidation sites excluding steroid dienone is 1. The molecule has 0 fully saturated rings. The van der Waals surface area contributed by atoms with Gasteiger partial charge in [-0.1, -0.05) is 97.9 Å². The van der Waals surface area contributed by atoms with Crippen LogP contribution in [0.4, 0.5) is 0 Å². The molecule has 0 atom stereocenters. The molecule has 33 heavy (non-hydrogen) atoms. The van der Waals surface area contributed by atoms with Crippen LogP contribution in [0, 0.1) is 22.2 Å². The van der Waals surface area contributed by atoms with Gasteiger partial charge in [-0.05, 0) is 48.6 Å². The van der Waals surface area contributed by atoms with Crippen LogP contribution in [-0.4, -0.2) is 11.6 Å². The molecule has 0 aliphatic rings. The monoisotopic (exact) mass is 448 g/mol. The van der Waals surface area contributed by atoms with Gasteiger partial charge in [0.05, 0.1) is 6.61 Å². The smallest absolute Gasteiger partial charge is 0.152 e. The van der Waals surface area contributed by atoms with Gasteiger partial charge in [0.2, 0.25) is 0 Å². The zero-order chi connectivity index (χ0) is 24.3. The number of fused-ring (bicyclic) bond motifs is 1. The van der Waals surface area contributed by atoms with Crippen LogP contribution in [0.5, 0.6) is 5.75 Å². The summed E-state index contributed by atoms with van der Waals surface area (Å²) >= 11 is 0. The lowest BCUT2D eigenvalue weighted by Crippen LogP contribution is -2.20. The van der Waals surface area contributed by atoms with Crippen molar-refractivity contribution < 1.29 is 4.74 Å². The van der Waals surface area contributed by atoms with Crippen molar-refractivity contribution in [2.24, 2.45) is 10.8 Å². The van der Waals surface area contributed by atoms with E-state index < -0.39 is 0 Å². The quantitative estimate of drug-likeness (QED) is 0.287. The van der Waals surface area contributed by atoms with Crippen molar-refractivity contribution in [2.45, 2.75) is 99.3 Å². The number of benzene rings is 1. The van der Waals surface area contributed by atoms with Crippen molar-refractivity contribution in [3.8, 4) is 11.8 Å². The molecule has 1 aromatic carbocycles. The van der Waals surface area contributed by atoms with Gasteiger partial charge in [0.1, 0.15) is 17.3 Å². The molecule has 3 heteroatoms. The molecule has 3 nitrogen and oxygen atoms in total. The summed E-state index contributed by atoms with van der Waals surface area (Å²) in [6.07, 6.45) is 15.2. The summed E-state index contributed by atoms with van der Waals surface area (Å²) < 4.78 is 6.30. The number of unbranched alkanes of at least 4 members (excludes halogenated alkanes) is 5. The zero-order valence-electron chi connectivity index (χ0n) is 21.8. The highest BCUT2D eigenvalue weighted by Gasteiger charge is 2.24. The number of nitrogens with zero attached hydrogens (tertiary/aromatic N) is 2. The zero-order valence-corrected chi connectivity index (χ0v) is 21.8. The Hall–Kier alpha value is -2.34. The molecule has 0 spiro atoms. The minimum atomic E-state index is 0.312. The molecule has 0 aliphatic carbocycles. The highest BCUT2D eigenvalue weighted by atomic mass is 16.5. The summed E-state index contributed by atoms with van der Waals surface area (Å²) in [5, 5.41) is 10.3. The molecule has 2 rings (SSSR count). The fourth-order valence-corrected chi connectivity index (χ4v) is 4.79. The molecule has 0 N–H and O–H groups in total. The number of hydrogen-bond acceptors (Lipinski definition) is 3. The number of pyridine rings is 1. The SMILES string of the molecule is CCCCCCCCOc1c(C=CCCC(C)(C)CC(C)(C)C)ccc2ccc(C#N)nc12. The molecule has 0 radical (unpaired) electrons. The molecule has 1 heterocycles. The van der Waals surface area contributed by atoms with Crippen molar-refractivity contribution >= 4 is 17.0 Å². The summed E-state index contributed by atoms with van der Waals surface area (Å²) in [5.41, 5.74) is 2.91. The fourth-order valence-electron chi connectivity index (χ4n) is 4.79. The Morgan fingerprint density at radius 2 is 1.67 bits per heavy atom. The predicted molar refractivity (Wildman–Crippen MR) is 141 cm³/mol. The van der Waals surface area contributed by atoms with Gasteiger partial charge in [0.15, 0.2) is 5.75 Å². The fraction of sp³-hybridized carbons (Fsp3) is 0.600. The minimum Gasteiger partial charge on any atom is -0.491 e. The Labute approximate surface area is 202 Å². The molecule has 2 aromatic rings. The van der Waals surface area contributed by atoms with Crippen molar-refractivity contribution in [3.05, 3.63) is 41.6 Å². The first-order chi connectivity index (χ1) is 15.6. The van der Waals surface area contributed by atoms with Crippen molar-refractivity contribution in [1.29, 1.82) is 5.26 Å². The van der Waals surface area contributed by atoms with E-state index in [2.05, 4.69) is 76.9 Å². The van der Waals surface area contributed by atoms with Crippen LogP contribution in [-0.2, 0) is 0 Å². The lowest BCUT2D eigenvalue weighted by molar-refractivity contribution is 0.200. The lowest BCUT2D eigenvalue weighted by atomic mass is 9.74. The highest BCUT2D eigenvalue weighted by molar-refractivity contribution is 5.88. The number of nitriles is 1. The van der Waals surface area contributed by atoms with Gasteiger partial charge in [-0.2, -0.15) is 5.26 Å². The molecular formula is C30H44N2O. The topological polar surface area (TPSA) is 45.9 Å². The third-order valence-electron chi connectivity index (χ3n) is 6.00. The van der Waals surface area contributed by atoms with Crippen LogP contribution in [0.1, 0.15) is 111 Å². The molecular weight excluding hydrogens is 404 g/mol. The van der Waals surface area contributed by atoms with Crippen molar-refractivity contribution in [2.75, 3.05) is 6.61 Å². The van der Waals surface area contributed by atoms with Crippen LogP contribution in [0.15, 0.2) is 30.3 Å². The summed E-state index contributed by atoms with van der Waals surface area (Å²) in [7, 11) is 0. The molecule has 0 bridgehead atoms. The largest absolute Gasteiger partial charge is 0.491 e. The van der Waals surface area contributed by atoms with E-state index in [9.17, 15) is 5.26 Å². The molecule has 1 aromatic heterocycles. The number of hydrogen-bond donors (Lipinski definition) is 0. The maximum Gasteiger partial charge on any atom is 0.152 e. The van der Waals surface area contributed by atoms with E-state index >= 15 is 0 Å².